The summed E-state index contributed by atoms with van der Waals surface area (Å²) in [5.74, 6) is 0.612. The highest BCUT2D eigenvalue weighted by Gasteiger charge is 2.23. The number of methoxy groups -OCH3 is 1. The largest absolute Gasteiger partial charge is 0.494 e. The van der Waals surface area contributed by atoms with Crippen LogP contribution in [0.15, 0.2) is 36.7 Å². The number of hydrogen-bond donors (Lipinski definition) is 1. The van der Waals surface area contributed by atoms with Crippen molar-refractivity contribution in [1.29, 1.82) is 0 Å². The van der Waals surface area contributed by atoms with Gasteiger partial charge in [-0.15, -0.1) is 0 Å². The lowest BCUT2D eigenvalue weighted by atomic mass is 10.2. The molecular weight excluding hydrogens is 320 g/mol. The zero-order valence-electron chi connectivity index (χ0n) is 14.4. The zero-order valence-corrected chi connectivity index (χ0v) is 14.4. The fourth-order valence-corrected chi connectivity index (χ4v) is 2.93. The zero-order chi connectivity index (χ0) is 17.8. The summed E-state index contributed by atoms with van der Waals surface area (Å²) in [4.78, 5) is 25.4. The van der Waals surface area contributed by atoms with Gasteiger partial charge in [0.25, 0.3) is 0 Å². The van der Waals surface area contributed by atoms with Crippen molar-refractivity contribution in [2.75, 3.05) is 20.2 Å². The molecule has 0 radical (unpaired) electrons. The summed E-state index contributed by atoms with van der Waals surface area (Å²) in [5.41, 5.74) is 1.71. The minimum absolute atomic E-state index is 0.0480. The molecule has 1 atom stereocenters. The fourth-order valence-electron chi connectivity index (χ4n) is 2.93. The van der Waals surface area contributed by atoms with Gasteiger partial charge in [0.1, 0.15) is 11.4 Å². The maximum Gasteiger partial charge on any atom is 0.240 e. The molecule has 2 heterocycles. The topological polar surface area (TPSA) is 76.5 Å². The first kappa shape index (κ1) is 17.0. The highest BCUT2D eigenvalue weighted by Crippen LogP contribution is 2.23. The Morgan fingerprint density at radius 1 is 1.40 bits per heavy atom. The van der Waals surface area contributed by atoms with Gasteiger partial charge in [0.05, 0.1) is 25.9 Å². The maximum absolute atomic E-state index is 12.2. The Morgan fingerprint density at radius 2 is 2.20 bits per heavy atom. The summed E-state index contributed by atoms with van der Waals surface area (Å²) in [6, 6.07) is 7.40. The van der Waals surface area contributed by atoms with Gasteiger partial charge < -0.3 is 15.0 Å². The van der Waals surface area contributed by atoms with Crippen molar-refractivity contribution in [1.82, 2.24) is 20.0 Å². The normalized spacial score (nSPS) is 15.3. The van der Waals surface area contributed by atoms with E-state index in [-0.39, 0.29) is 24.4 Å². The number of aromatic nitrogens is 2. The van der Waals surface area contributed by atoms with Crippen LogP contribution in [0.25, 0.3) is 5.69 Å². The van der Waals surface area contributed by atoms with Crippen LogP contribution < -0.4 is 10.1 Å². The van der Waals surface area contributed by atoms with E-state index in [1.807, 2.05) is 37.4 Å². The van der Waals surface area contributed by atoms with Gasteiger partial charge in [0.15, 0.2) is 0 Å². The number of benzene rings is 1. The molecule has 0 saturated carbocycles. The van der Waals surface area contributed by atoms with E-state index in [4.69, 9.17) is 4.74 Å². The molecular formula is C18H22N4O3. The van der Waals surface area contributed by atoms with Gasteiger partial charge >= 0.3 is 0 Å². The number of carbonyl (C=O) groups is 2. The summed E-state index contributed by atoms with van der Waals surface area (Å²) in [6.07, 6.45) is 4.95. The third-order valence-corrected chi connectivity index (χ3v) is 4.32. The van der Waals surface area contributed by atoms with Crippen LogP contribution in [0, 0.1) is 0 Å². The van der Waals surface area contributed by atoms with Gasteiger partial charge in [0, 0.05) is 24.7 Å². The highest BCUT2D eigenvalue weighted by molar-refractivity contribution is 5.86. The van der Waals surface area contributed by atoms with Crippen molar-refractivity contribution in [2.45, 2.75) is 25.8 Å². The molecule has 3 rings (SSSR count). The first-order chi connectivity index (χ1) is 12.1. The van der Waals surface area contributed by atoms with Crippen LogP contribution in [0.4, 0.5) is 0 Å². The molecule has 1 saturated heterocycles. The smallest absolute Gasteiger partial charge is 0.240 e. The van der Waals surface area contributed by atoms with Gasteiger partial charge in [-0.25, -0.2) is 4.68 Å². The van der Waals surface area contributed by atoms with E-state index >= 15 is 0 Å². The lowest BCUT2D eigenvalue weighted by molar-refractivity contribution is -0.133. The molecule has 1 fully saturated rings. The third-order valence-electron chi connectivity index (χ3n) is 4.32. The summed E-state index contributed by atoms with van der Waals surface area (Å²) in [6.45, 7) is 2.67. The monoisotopic (exact) mass is 342 g/mol. The van der Waals surface area contributed by atoms with E-state index < -0.39 is 0 Å². The molecule has 2 aromatic rings. The van der Waals surface area contributed by atoms with E-state index in [0.717, 1.165) is 23.4 Å². The Morgan fingerprint density at radius 3 is 2.92 bits per heavy atom. The average Bonchev–Trinajstić information content (AvgIpc) is 3.24. The summed E-state index contributed by atoms with van der Waals surface area (Å²) < 4.78 is 7.07. The van der Waals surface area contributed by atoms with Crippen LogP contribution in [0.1, 0.15) is 31.4 Å². The molecule has 0 spiro atoms. The Balaban J connectivity index is 1.65. The Hall–Kier alpha value is -2.83. The number of hydrogen-bond acceptors (Lipinski definition) is 4. The van der Waals surface area contributed by atoms with Crippen molar-refractivity contribution in [3.8, 4) is 11.4 Å². The molecule has 2 amide bonds. The number of nitrogens with one attached hydrogen (secondary N) is 1. The molecule has 0 bridgehead atoms. The molecule has 1 aliphatic heterocycles. The number of likely N-dealkylation sites (tertiary alicyclic amines) is 1. The number of ether oxygens (including phenoxy) is 1. The minimum Gasteiger partial charge on any atom is -0.494 e. The Labute approximate surface area is 146 Å². The molecule has 25 heavy (non-hydrogen) atoms. The van der Waals surface area contributed by atoms with Gasteiger partial charge in [0.2, 0.25) is 11.8 Å². The van der Waals surface area contributed by atoms with Crippen LogP contribution >= 0.6 is 0 Å². The van der Waals surface area contributed by atoms with Crippen molar-refractivity contribution < 1.29 is 14.3 Å². The predicted octanol–water partition coefficient (Wildman–Crippen LogP) is 1.68. The van der Waals surface area contributed by atoms with Gasteiger partial charge in [-0.1, -0.05) is 12.1 Å². The second-order valence-corrected chi connectivity index (χ2v) is 6.10. The second kappa shape index (κ2) is 7.38. The third kappa shape index (κ3) is 3.81. The number of rotatable bonds is 6. The molecule has 1 aliphatic rings. The van der Waals surface area contributed by atoms with E-state index in [9.17, 15) is 9.59 Å². The molecule has 1 aromatic heterocycles. The van der Waals surface area contributed by atoms with Gasteiger partial charge in [-0.3, -0.25) is 9.59 Å². The van der Waals surface area contributed by atoms with Crippen LogP contribution in [0.3, 0.4) is 0 Å². The minimum atomic E-state index is -0.200. The number of para-hydroxylation sites is 2. The summed E-state index contributed by atoms with van der Waals surface area (Å²) >= 11 is 0. The quantitative estimate of drug-likeness (QED) is 0.866. The maximum atomic E-state index is 12.2. The Kier molecular flexibility index (Phi) is 5.02. The number of nitrogens with zero attached hydrogens (tertiary/aromatic N) is 3. The number of amides is 2. The van der Waals surface area contributed by atoms with Crippen LogP contribution in [-0.2, 0) is 9.59 Å². The average molecular weight is 342 g/mol. The summed E-state index contributed by atoms with van der Waals surface area (Å²) in [7, 11) is 1.62. The fraction of sp³-hybridized carbons (Fsp3) is 0.389. The van der Waals surface area contributed by atoms with Crippen LogP contribution in [0.2, 0.25) is 0 Å². The molecule has 1 aromatic carbocycles. The highest BCUT2D eigenvalue weighted by atomic mass is 16.5. The van der Waals surface area contributed by atoms with Crippen molar-refractivity contribution in [3.63, 3.8) is 0 Å². The second-order valence-electron chi connectivity index (χ2n) is 6.10. The molecule has 132 valence electrons. The van der Waals surface area contributed by atoms with E-state index in [0.29, 0.717) is 13.0 Å². The standard InChI is InChI=1S/C18H22N4O3/c1-13(20-17(23)12-21-9-5-8-18(21)24)14-10-19-22(11-14)15-6-3-4-7-16(15)25-2/h3-4,6-7,10-11,13H,5,8-9,12H2,1-2H3,(H,20,23)/t13-/m0/s1. The first-order valence-corrected chi connectivity index (χ1v) is 8.33. The summed E-state index contributed by atoms with van der Waals surface area (Å²) in [5, 5.41) is 7.28. The van der Waals surface area contributed by atoms with Gasteiger partial charge in [-0.05, 0) is 25.5 Å². The lowest BCUT2D eigenvalue weighted by Gasteiger charge is -2.17. The molecule has 7 heteroatoms. The first-order valence-electron chi connectivity index (χ1n) is 8.33. The molecule has 0 unspecified atom stereocenters. The molecule has 7 nitrogen and oxygen atoms in total. The van der Waals surface area contributed by atoms with Gasteiger partial charge in [-0.2, -0.15) is 5.10 Å². The molecule has 0 aliphatic carbocycles. The van der Waals surface area contributed by atoms with E-state index in [1.165, 1.54) is 0 Å². The predicted molar refractivity (Wildman–Crippen MR) is 92.5 cm³/mol. The Bertz CT molecular complexity index is 771. The van der Waals surface area contributed by atoms with E-state index in [1.54, 1.807) is 22.9 Å². The van der Waals surface area contributed by atoms with E-state index in [2.05, 4.69) is 10.4 Å². The van der Waals surface area contributed by atoms with Crippen LogP contribution in [0.5, 0.6) is 5.75 Å². The number of carbonyl (C=O) groups excluding carboxylic acids is 2. The SMILES string of the molecule is COc1ccccc1-n1cc([C@H](C)NC(=O)CN2CCCC2=O)cn1. The molecule has 1 N–H and O–H groups in total. The lowest BCUT2D eigenvalue weighted by Crippen LogP contribution is -2.38. The van der Waals surface area contributed by atoms with Crippen molar-refractivity contribution in [2.24, 2.45) is 0 Å². The van der Waals surface area contributed by atoms with Crippen molar-refractivity contribution >= 4 is 11.8 Å². The van der Waals surface area contributed by atoms with Crippen LogP contribution in [-0.4, -0.2) is 46.7 Å². The van der Waals surface area contributed by atoms with Crippen molar-refractivity contribution in [3.05, 3.63) is 42.2 Å².